The van der Waals surface area contributed by atoms with Crippen molar-refractivity contribution in [3.63, 3.8) is 0 Å². The highest BCUT2D eigenvalue weighted by atomic mass is 16.4. The molecule has 0 aromatic heterocycles. The molecule has 0 amide bonds. The largest absolute Gasteiger partial charge is 0.507 e. The maximum absolute atomic E-state index is 10.8. The van der Waals surface area contributed by atoms with Crippen molar-refractivity contribution in [1.82, 2.24) is 0 Å². The van der Waals surface area contributed by atoms with Crippen LogP contribution in [0.3, 0.4) is 0 Å². The summed E-state index contributed by atoms with van der Waals surface area (Å²) in [4.78, 5) is 10.8. The summed E-state index contributed by atoms with van der Waals surface area (Å²) >= 11 is 0. The quantitative estimate of drug-likeness (QED) is 0.391. The van der Waals surface area contributed by atoms with Crippen LogP contribution in [0.4, 0.5) is 0 Å². The summed E-state index contributed by atoms with van der Waals surface area (Å²) in [6.07, 6.45) is -5.07. The van der Waals surface area contributed by atoms with Crippen molar-refractivity contribution >= 4 is 5.97 Å². The number of phenols is 1. The number of aromatic carboxylic acids is 1. The van der Waals surface area contributed by atoms with E-state index in [1.54, 1.807) is 0 Å². The number of carboxylic acids is 1. The average molecular weight is 258 g/mol. The summed E-state index contributed by atoms with van der Waals surface area (Å²) < 4.78 is 0. The minimum absolute atomic E-state index is 0.241. The van der Waals surface area contributed by atoms with Gasteiger partial charge in [-0.15, -0.1) is 0 Å². The summed E-state index contributed by atoms with van der Waals surface area (Å²) in [5.41, 5.74) is -0.674. The minimum Gasteiger partial charge on any atom is -0.507 e. The van der Waals surface area contributed by atoms with Crippen LogP contribution in [0.1, 0.15) is 22.0 Å². The third-order valence-electron chi connectivity index (χ3n) is 2.52. The van der Waals surface area contributed by atoms with E-state index in [9.17, 15) is 20.1 Å². The maximum atomic E-state index is 10.8. The molecule has 0 spiro atoms. The lowest BCUT2D eigenvalue weighted by molar-refractivity contribution is -0.0782. The first kappa shape index (κ1) is 14.4. The zero-order valence-corrected chi connectivity index (χ0v) is 9.26. The van der Waals surface area contributed by atoms with Gasteiger partial charge < -0.3 is 30.6 Å². The van der Waals surface area contributed by atoms with Crippen LogP contribution >= 0.6 is 0 Å². The standard InChI is InChI=1S/C11H14O7/c12-4-7(13)10(16)9(15)5-2-1-3-6(8(5)14)11(17)18/h1-3,7,9-10,12-16H,4H2,(H,17,18). The Morgan fingerprint density at radius 3 is 2.33 bits per heavy atom. The van der Waals surface area contributed by atoms with Gasteiger partial charge >= 0.3 is 5.97 Å². The Morgan fingerprint density at radius 1 is 1.22 bits per heavy atom. The van der Waals surface area contributed by atoms with Gasteiger partial charge in [0.15, 0.2) is 0 Å². The highest BCUT2D eigenvalue weighted by molar-refractivity contribution is 5.91. The number of para-hydroxylation sites is 1. The van der Waals surface area contributed by atoms with Crippen LogP contribution < -0.4 is 0 Å². The maximum Gasteiger partial charge on any atom is 0.339 e. The van der Waals surface area contributed by atoms with Gasteiger partial charge in [0.1, 0.15) is 29.6 Å². The monoisotopic (exact) mass is 258 g/mol. The van der Waals surface area contributed by atoms with Crippen molar-refractivity contribution in [3.05, 3.63) is 29.3 Å². The molecule has 18 heavy (non-hydrogen) atoms. The van der Waals surface area contributed by atoms with Gasteiger partial charge in [-0.3, -0.25) is 0 Å². The van der Waals surface area contributed by atoms with Crippen molar-refractivity contribution in [2.24, 2.45) is 0 Å². The molecule has 3 atom stereocenters. The fraction of sp³-hybridized carbons (Fsp3) is 0.364. The third kappa shape index (κ3) is 2.77. The summed E-state index contributed by atoms with van der Waals surface area (Å²) in [6, 6.07) is 3.61. The molecule has 0 heterocycles. The Hall–Kier alpha value is -1.67. The zero-order valence-electron chi connectivity index (χ0n) is 9.26. The van der Waals surface area contributed by atoms with Gasteiger partial charge in [-0.2, -0.15) is 0 Å². The van der Waals surface area contributed by atoms with E-state index in [0.29, 0.717) is 0 Å². The lowest BCUT2D eigenvalue weighted by atomic mass is 9.97. The molecule has 0 aliphatic rings. The lowest BCUT2D eigenvalue weighted by Crippen LogP contribution is -2.34. The number of aromatic hydroxyl groups is 1. The Morgan fingerprint density at radius 2 is 1.83 bits per heavy atom. The molecule has 3 unspecified atom stereocenters. The number of hydrogen-bond donors (Lipinski definition) is 6. The molecule has 0 aliphatic heterocycles. The highest BCUT2D eigenvalue weighted by Crippen LogP contribution is 2.30. The fourth-order valence-electron chi connectivity index (χ4n) is 1.48. The summed E-state index contributed by atoms with van der Waals surface area (Å²) in [5.74, 6) is -2.08. The Balaban J connectivity index is 3.10. The van der Waals surface area contributed by atoms with Crippen LogP contribution in [0.5, 0.6) is 5.75 Å². The molecule has 0 radical (unpaired) electrons. The SMILES string of the molecule is O=C(O)c1cccc(C(O)C(O)C(O)CO)c1O. The Bertz CT molecular complexity index is 431. The third-order valence-corrected chi connectivity index (χ3v) is 2.52. The van der Waals surface area contributed by atoms with E-state index in [1.807, 2.05) is 0 Å². The van der Waals surface area contributed by atoms with Gasteiger partial charge in [0.05, 0.1) is 6.61 Å². The van der Waals surface area contributed by atoms with E-state index < -0.39 is 42.2 Å². The molecule has 0 fully saturated rings. The number of carboxylic acid groups (broad SMARTS) is 1. The Labute approximate surface area is 102 Å². The van der Waals surface area contributed by atoms with Crippen LogP contribution in [-0.4, -0.2) is 55.4 Å². The van der Waals surface area contributed by atoms with E-state index in [1.165, 1.54) is 12.1 Å². The van der Waals surface area contributed by atoms with Crippen molar-refractivity contribution < 1.29 is 35.4 Å². The van der Waals surface area contributed by atoms with Crippen LogP contribution in [0, 0.1) is 0 Å². The number of benzene rings is 1. The fourth-order valence-corrected chi connectivity index (χ4v) is 1.48. The minimum atomic E-state index is -1.75. The first-order valence-corrected chi connectivity index (χ1v) is 5.10. The summed E-state index contributed by atoms with van der Waals surface area (Å²) in [5, 5.41) is 55.4. The van der Waals surface area contributed by atoms with Gasteiger partial charge in [0, 0.05) is 5.56 Å². The second-order valence-electron chi connectivity index (χ2n) is 3.73. The second kappa shape index (κ2) is 5.78. The highest BCUT2D eigenvalue weighted by Gasteiger charge is 2.28. The van der Waals surface area contributed by atoms with Crippen molar-refractivity contribution in [1.29, 1.82) is 0 Å². The molecule has 1 aromatic rings. The first-order chi connectivity index (χ1) is 8.40. The predicted molar refractivity (Wildman–Crippen MR) is 59.1 cm³/mol. The molecule has 1 aromatic carbocycles. The van der Waals surface area contributed by atoms with Crippen molar-refractivity contribution in [3.8, 4) is 5.75 Å². The molecular weight excluding hydrogens is 244 g/mol. The van der Waals surface area contributed by atoms with Crippen molar-refractivity contribution in [2.45, 2.75) is 18.3 Å². The molecule has 6 N–H and O–H groups in total. The predicted octanol–water partition coefficient (Wildman–Crippen LogP) is -1.16. The van der Waals surface area contributed by atoms with Gasteiger partial charge in [0.2, 0.25) is 0 Å². The van der Waals surface area contributed by atoms with Crippen LogP contribution in [0.15, 0.2) is 18.2 Å². The van der Waals surface area contributed by atoms with Gasteiger partial charge in [-0.1, -0.05) is 12.1 Å². The summed E-state index contributed by atoms with van der Waals surface area (Å²) in [6.45, 7) is -0.780. The van der Waals surface area contributed by atoms with E-state index in [-0.39, 0.29) is 5.56 Å². The topological polar surface area (TPSA) is 138 Å². The smallest absolute Gasteiger partial charge is 0.339 e. The molecule has 1 rings (SSSR count). The van der Waals surface area contributed by atoms with E-state index in [4.69, 9.17) is 15.3 Å². The van der Waals surface area contributed by atoms with Gasteiger partial charge in [-0.05, 0) is 6.07 Å². The Kier molecular flexibility index (Phi) is 4.62. The van der Waals surface area contributed by atoms with E-state index in [2.05, 4.69) is 0 Å². The lowest BCUT2D eigenvalue weighted by Gasteiger charge is -2.22. The number of carbonyl (C=O) groups is 1. The number of aliphatic hydroxyl groups is 4. The van der Waals surface area contributed by atoms with E-state index in [0.717, 1.165) is 6.07 Å². The number of hydrogen-bond acceptors (Lipinski definition) is 6. The van der Waals surface area contributed by atoms with E-state index >= 15 is 0 Å². The van der Waals surface area contributed by atoms with Gasteiger partial charge in [-0.25, -0.2) is 4.79 Å². The molecular formula is C11H14O7. The number of rotatable bonds is 5. The number of aliphatic hydroxyl groups excluding tert-OH is 4. The van der Waals surface area contributed by atoms with Crippen LogP contribution in [-0.2, 0) is 0 Å². The molecule has 7 nitrogen and oxygen atoms in total. The normalized spacial score (nSPS) is 16.0. The second-order valence-corrected chi connectivity index (χ2v) is 3.73. The summed E-state index contributed by atoms with van der Waals surface area (Å²) in [7, 11) is 0. The first-order valence-electron chi connectivity index (χ1n) is 5.10. The molecule has 100 valence electrons. The molecule has 0 saturated carbocycles. The van der Waals surface area contributed by atoms with Crippen LogP contribution in [0.25, 0.3) is 0 Å². The molecule has 0 bridgehead atoms. The van der Waals surface area contributed by atoms with Crippen molar-refractivity contribution in [2.75, 3.05) is 6.61 Å². The van der Waals surface area contributed by atoms with Crippen LogP contribution in [0.2, 0.25) is 0 Å². The van der Waals surface area contributed by atoms with Gasteiger partial charge in [0.25, 0.3) is 0 Å². The molecule has 0 aliphatic carbocycles. The average Bonchev–Trinajstić information content (AvgIpc) is 2.36. The zero-order chi connectivity index (χ0) is 13.9. The molecule has 7 heteroatoms. The molecule has 0 saturated heterocycles.